The number of rotatable bonds is 2. The average Bonchev–Trinajstić information content (AvgIpc) is 2.69. The van der Waals surface area contributed by atoms with Crippen molar-refractivity contribution in [1.29, 1.82) is 5.26 Å². The van der Waals surface area contributed by atoms with Crippen LogP contribution in [-0.2, 0) is 0 Å². The van der Waals surface area contributed by atoms with Crippen molar-refractivity contribution in [3.05, 3.63) is 93.8 Å². The van der Waals surface area contributed by atoms with Gasteiger partial charge in [0.15, 0.2) is 23.2 Å². The van der Waals surface area contributed by atoms with Crippen LogP contribution in [0.1, 0.15) is 37.4 Å². The van der Waals surface area contributed by atoms with Crippen LogP contribution < -0.4 is 5.32 Å². The highest BCUT2D eigenvalue weighted by atomic mass is 19.2. The predicted octanol–water partition coefficient (Wildman–Crippen LogP) is 4.49. The zero-order chi connectivity index (χ0) is 20.0. The van der Waals surface area contributed by atoms with Crippen molar-refractivity contribution in [2.75, 3.05) is 5.32 Å². The highest BCUT2D eigenvalue weighted by Crippen LogP contribution is 2.36. The quantitative estimate of drug-likeness (QED) is 0.522. The minimum absolute atomic E-state index is 0.119. The smallest absolute Gasteiger partial charge is 0.199 e. The molecule has 7 heteroatoms. The number of carbonyl (C=O) groups is 2. The fourth-order valence-electron chi connectivity index (χ4n) is 3.22. The first kappa shape index (κ1) is 17.5. The number of halogens is 3. The van der Waals surface area contributed by atoms with E-state index in [1.54, 1.807) is 24.3 Å². The molecule has 136 valence electrons. The van der Waals surface area contributed by atoms with Gasteiger partial charge in [0.1, 0.15) is 11.9 Å². The number of nitrogens with one attached hydrogen (secondary N) is 1. The lowest BCUT2D eigenvalue weighted by molar-refractivity contribution is 0.0971. The number of hydrogen-bond donors (Lipinski definition) is 1. The minimum Gasteiger partial charge on any atom is -0.354 e. The van der Waals surface area contributed by atoms with E-state index in [1.807, 2.05) is 6.07 Å². The molecular formula is C21H9F3N2O2. The lowest BCUT2D eigenvalue weighted by atomic mass is 9.82. The first-order chi connectivity index (χ1) is 13.4. The van der Waals surface area contributed by atoms with Crippen LogP contribution in [0.3, 0.4) is 0 Å². The number of nitriles is 1. The Kier molecular flexibility index (Phi) is 3.97. The number of benzene rings is 3. The second kappa shape index (κ2) is 6.35. The largest absolute Gasteiger partial charge is 0.354 e. The van der Waals surface area contributed by atoms with Crippen LogP contribution >= 0.6 is 0 Å². The van der Waals surface area contributed by atoms with Crippen LogP contribution in [0.2, 0.25) is 0 Å². The molecule has 4 rings (SSSR count). The average molecular weight is 378 g/mol. The summed E-state index contributed by atoms with van der Waals surface area (Å²) >= 11 is 0. The van der Waals surface area contributed by atoms with E-state index in [9.17, 15) is 28.0 Å². The molecule has 0 radical (unpaired) electrons. The van der Waals surface area contributed by atoms with Crippen LogP contribution in [0.25, 0.3) is 0 Å². The molecule has 0 aromatic heterocycles. The van der Waals surface area contributed by atoms with Gasteiger partial charge in [0.25, 0.3) is 0 Å². The summed E-state index contributed by atoms with van der Waals surface area (Å²) in [5, 5.41) is 12.1. The van der Waals surface area contributed by atoms with Gasteiger partial charge in [-0.05, 0) is 18.2 Å². The Morgan fingerprint density at radius 3 is 2.25 bits per heavy atom. The predicted molar refractivity (Wildman–Crippen MR) is 94.1 cm³/mol. The van der Waals surface area contributed by atoms with Gasteiger partial charge in [-0.2, -0.15) is 5.26 Å². The Bertz CT molecular complexity index is 1230. The third-order valence-corrected chi connectivity index (χ3v) is 4.48. The van der Waals surface area contributed by atoms with E-state index in [1.165, 1.54) is 18.2 Å². The van der Waals surface area contributed by atoms with Crippen LogP contribution in [0.15, 0.2) is 48.5 Å². The summed E-state index contributed by atoms with van der Waals surface area (Å²) in [4.78, 5) is 25.6. The van der Waals surface area contributed by atoms with Crippen molar-refractivity contribution in [2.24, 2.45) is 0 Å². The third-order valence-electron chi connectivity index (χ3n) is 4.48. The Balaban J connectivity index is 1.93. The normalized spacial score (nSPS) is 12.2. The van der Waals surface area contributed by atoms with Crippen LogP contribution in [0.5, 0.6) is 0 Å². The molecule has 0 saturated heterocycles. The van der Waals surface area contributed by atoms with Crippen molar-refractivity contribution in [3.8, 4) is 6.07 Å². The molecule has 1 aliphatic carbocycles. The number of fused-ring (bicyclic) bond motifs is 2. The highest BCUT2D eigenvalue weighted by molar-refractivity contribution is 6.30. The van der Waals surface area contributed by atoms with E-state index in [4.69, 9.17) is 0 Å². The summed E-state index contributed by atoms with van der Waals surface area (Å²) in [5.74, 6) is -6.36. The summed E-state index contributed by atoms with van der Waals surface area (Å²) < 4.78 is 42.1. The number of hydrogen-bond acceptors (Lipinski definition) is 4. The molecule has 0 saturated carbocycles. The Hall–Kier alpha value is -3.92. The topological polar surface area (TPSA) is 70.0 Å². The van der Waals surface area contributed by atoms with E-state index in [2.05, 4.69) is 5.32 Å². The summed E-state index contributed by atoms with van der Waals surface area (Å²) in [5.41, 5.74) is -1.32. The molecule has 0 spiro atoms. The van der Waals surface area contributed by atoms with E-state index >= 15 is 0 Å². The van der Waals surface area contributed by atoms with Gasteiger partial charge in [0, 0.05) is 11.6 Å². The molecule has 28 heavy (non-hydrogen) atoms. The van der Waals surface area contributed by atoms with Gasteiger partial charge < -0.3 is 5.32 Å². The zero-order valence-corrected chi connectivity index (χ0v) is 14.0. The van der Waals surface area contributed by atoms with Gasteiger partial charge in [-0.1, -0.05) is 24.3 Å². The molecule has 0 atom stereocenters. The van der Waals surface area contributed by atoms with Gasteiger partial charge in [-0.15, -0.1) is 0 Å². The molecule has 1 aliphatic rings. The minimum atomic E-state index is -1.58. The number of nitrogens with zero attached hydrogens (tertiary/aromatic N) is 1. The molecule has 3 aromatic rings. The van der Waals surface area contributed by atoms with Crippen molar-refractivity contribution in [1.82, 2.24) is 0 Å². The molecule has 3 aromatic carbocycles. The Labute approximate surface area is 156 Å². The molecule has 0 amide bonds. The molecule has 4 nitrogen and oxygen atoms in total. The SMILES string of the molecule is N#Cc1ccccc1Nc1cccc2c1C(=O)c1c(F)c(F)cc(F)c1C2=O. The lowest BCUT2D eigenvalue weighted by Gasteiger charge is -2.22. The zero-order valence-electron chi connectivity index (χ0n) is 14.0. The Morgan fingerprint density at radius 2 is 1.50 bits per heavy atom. The first-order valence-electron chi connectivity index (χ1n) is 8.10. The molecular weight excluding hydrogens is 369 g/mol. The standard InChI is InChI=1S/C21H9F3N2O2/c22-12-8-13(23)19(24)18-17(12)20(27)11-5-3-7-15(16(11)21(18)28)26-14-6-2-1-4-10(14)9-25/h1-8,26H. The molecule has 0 bridgehead atoms. The summed E-state index contributed by atoms with van der Waals surface area (Å²) in [6.07, 6.45) is 0. The van der Waals surface area contributed by atoms with Crippen LogP contribution in [-0.4, -0.2) is 11.6 Å². The second-order valence-electron chi connectivity index (χ2n) is 6.07. The van der Waals surface area contributed by atoms with Gasteiger partial charge in [-0.25, -0.2) is 13.2 Å². The maximum absolute atomic E-state index is 14.3. The summed E-state index contributed by atoms with van der Waals surface area (Å²) in [7, 11) is 0. The van der Waals surface area contributed by atoms with E-state index in [0.29, 0.717) is 5.69 Å². The molecule has 0 fully saturated rings. The van der Waals surface area contributed by atoms with E-state index in [-0.39, 0.29) is 28.4 Å². The summed E-state index contributed by atoms with van der Waals surface area (Å²) in [6, 6.07) is 12.9. The number of carbonyl (C=O) groups excluding carboxylic acids is 2. The number of ketones is 2. The molecule has 1 N–H and O–H groups in total. The lowest BCUT2D eigenvalue weighted by Crippen LogP contribution is -2.25. The van der Waals surface area contributed by atoms with E-state index in [0.717, 1.165) is 0 Å². The fourth-order valence-corrected chi connectivity index (χ4v) is 3.22. The highest BCUT2D eigenvalue weighted by Gasteiger charge is 2.37. The fraction of sp³-hybridized carbons (Fsp3) is 0. The van der Waals surface area contributed by atoms with Gasteiger partial charge in [0.05, 0.1) is 33.6 Å². The second-order valence-corrected chi connectivity index (χ2v) is 6.07. The van der Waals surface area contributed by atoms with Gasteiger partial charge in [-0.3, -0.25) is 9.59 Å². The van der Waals surface area contributed by atoms with Crippen molar-refractivity contribution in [3.63, 3.8) is 0 Å². The monoisotopic (exact) mass is 378 g/mol. The molecule has 0 unspecified atom stereocenters. The number of anilines is 2. The molecule has 0 heterocycles. The Morgan fingerprint density at radius 1 is 0.786 bits per heavy atom. The maximum Gasteiger partial charge on any atom is 0.199 e. The maximum atomic E-state index is 14.3. The van der Waals surface area contributed by atoms with Gasteiger partial charge in [0.2, 0.25) is 0 Å². The number of para-hydroxylation sites is 1. The van der Waals surface area contributed by atoms with Crippen molar-refractivity contribution >= 4 is 22.9 Å². The van der Waals surface area contributed by atoms with Crippen LogP contribution in [0, 0.1) is 28.8 Å². The van der Waals surface area contributed by atoms with Crippen LogP contribution in [0.4, 0.5) is 24.5 Å². The third kappa shape index (κ3) is 2.47. The van der Waals surface area contributed by atoms with E-state index < -0.39 is 40.1 Å². The van der Waals surface area contributed by atoms with Crippen molar-refractivity contribution < 1.29 is 22.8 Å². The van der Waals surface area contributed by atoms with Crippen molar-refractivity contribution in [2.45, 2.75) is 0 Å². The van der Waals surface area contributed by atoms with Gasteiger partial charge >= 0.3 is 0 Å². The summed E-state index contributed by atoms with van der Waals surface area (Å²) in [6.45, 7) is 0. The first-order valence-corrected chi connectivity index (χ1v) is 8.10. The molecule has 0 aliphatic heterocycles.